The van der Waals surface area contributed by atoms with Crippen LogP contribution >= 0.6 is 24.0 Å². The molecule has 0 aromatic rings. The largest absolute Gasteiger partial charge is 0.356 e. The van der Waals surface area contributed by atoms with Gasteiger partial charge in [-0.25, -0.2) is 0 Å². The molecule has 64 valence electrons. The predicted molar refractivity (Wildman–Crippen MR) is 45.0 cm³/mol. The molecule has 0 heterocycles. The minimum atomic E-state index is -0.0799. The number of halogens is 2. The van der Waals surface area contributed by atoms with Gasteiger partial charge in [0.05, 0.1) is 0 Å². The van der Waals surface area contributed by atoms with Gasteiger partial charge in [0.1, 0.15) is 0 Å². The van der Waals surface area contributed by atoms with Gasteiger partial charge in [0.2, 0.25) is 0 Å². The lowest BCUT2D eigenvalue weighted by atomic mass is 10.3. The van der Waals surface area contributed by atoms with Crippen LogP contribution in [-0.4, -0.2) is 26.4 Å². The summed E-state index contributed by atoms with van der Waals surface area (Å²) in [5.41, 5.74) is 0. The summed E-state index contributed by atoms with van der Waals surface area (Å²) in [4.78, 5) is 0. The molecule has 2 nitrogen and oxygen atoms in total. The third-order valence-corrected chi connectivity index (χ3v) is 1.37. The summed E-state index contributed by atoms with van der Waals surface area (Å²) >= 11 is 5.45. The standard InChI is InChI=1S/C6H13ClO2.ClH/c1-8-6(9-2)4-3-5-7;/h6H,3-5H2,1-2H3;1H. The zero-order valence-electron chi connectivity index (χ0n) is 6.30. The van der Waals surface area contributed by atoms with Crippen LogP contribution < -0.4 is 0 Å². The summed E-state index contributed by atoms with van der Waals surface area (Å²) < 4.78 is 9.84. The zero-order chi connectivity index (χ0) is 7.11. The van der Waals surface area contributed by atoms with E-state index in [1.807, 2.05) is 0 Å². The summed E-state index contributed by atoms with van der Waals surface area (Å²) in [6.45, 7) is 0. The molecule has 0 rings (SSSR count). The monoisotopic (exact) mass is 188 g/mol. The number of hydrogen-bond donors (Lipinski definition) is 0. The van der Waals surface area contributed by atoms with Crippen molar-refractivity contribution >= 4 is 24.0 Å². The lowest BCUT2D eigenvalue weighted by molar-refractivity contribution is -0.106. The van der Waals surface area contributed by atoms with Gasteiger partial charge in [-0.1, -0.05) is 0 Å². The molecule has 10 heavy (non-hydrogen) atoms. The molecule has 0 aliphatic heterocycles. The fraction of sp³-hybridized carbons (Fsp3) is 1.00. The quantitative estimate of drug-likeness (QED) is 0.486. The number of methoxy groups -OCH3 is 2. The Hall–Kier alpha value is 0.500. The average Bonchev–Trinajstić information content (AvgIpc) is 1.91. The Morgan fingerprint density at radius 3 is 2.10 bits per heavy atom. The maximum absolute atomic E-state index is 5.45. The molecule has 0 saturated carbocycles. The maximum Gasteiger partial charge on any atom is 0.156 e. The van der Waals surface area contributed by atoms with Gasteiger partial charge < -0.3 is 9.47 Å². The summed E-state index contributed by atoms with van der Waals surface area (Å²) in [5, 5.41) is 0. The highest BCUT2D eigenvalue weighted by Gasteiger charge is 2.01. The van der Waals surface area contributed by atoms with Crippen LogP contribution in [0.25, 0.3) is 0 Å². The molecule has 0 radical (unpaired) electrons. The van der Waals surface area contributed by atoms with E-state index in [0.29, 0.717) is 5.88 Å². The van der Waals surface area contributed by atoms with Crippen molar-refractivity contribution in [2.75, 3.05) is 20.1 Å². The van der Waals surface area contributed by atoms with Crippen molar-refractivity contribution in [1.82, 2.24) is 0 Å². The zero-order valence-corrected chi connectivity index (χ0v) is 7.87. The van der Waals surface area contributed by atoms with E-state index in [4.69, 9.17) is 21.1 Å². The van der Waals surface area contributed by atoms with Crippen LogP contribution in [0.1, 0.15) is 12.8 Å². The summed E-state index contributed by atoms with van der Waals surface area (Å²) in [7, 11) is 3.25. The third-order valence-electron chi connectivity index (χ3n) is 1.10. The smallest absolute Gasteiger partial charge is 0.156 e. The van der Waals surface area contributed by atoms with Crippen LogP contribution in [0.5, 0.6) is 0 Å². The van der Waals surface area contributed by atoms with Crippen LogP contribution in [0.15, 0.2) is 0 Å². The van der Waals surface area contributed by atoms with Gasteiger partial charge in [-0.3, -0.25) is 0 Å². The molecule has 0 aromatic carbocycles. The highest BCUT2D eigenvalue weighted by Crippen LogP contribution is 2.01. The van der Waals surface area contributed by atoms with E-state index in [9.17, 15) is 0 Å². The van der Waals surface area contributed by atoms with E-state index in [1.54, 1.807) is 14.2 Å². The topological polar surface area (TPSA) is 18.5 Å². The summed E-state index contributed by atoms with van der Waals surface area (Å²) in [6, 6.07) is 0. The van der Waals surface area contributed by atoms with E-state index >= 15 is 0 Å². The SMILES string of the molecule is COC(CCCCl)OC.Cl. The van der Waals surface area contributed by atoms with Crippen molar-refractivity contribution < 1.29 is 9.47 Å². The van der Waals surface area contributed by atoms with E-state index in [2.05, 4.69) is 0 Å². The highest BCUT2D eigenvalue weighted by molar-refractivity contribution is 6.17. The second kappa shape index (κ2) is 9.50. The molecule has 0 unspecified atom stereocenters. The molecule has 0 aromatic heterocycles. The van der Waals surface area contributed by atoms with Crippen LogP contribution in [0.3, 0.4) is 0 Å². The van der Waals surface area contributed by atoms with Crippen LogP contribution in [0.4, 0.5) is 0 Å². The molecule has 0 atom stereocenters. The normalized spacial score (nSPS) is 9.60. The van der Waals surface area contributed by atoms with Crippen molar-refractivity contribution in [3.05, 3.63) is 0 Å². The molecule has 0 saturated heterocycles. The molecule has 0 bridgehead atoms. The molecule has 0 spiro atoms. The van der Waals surface area contributed by atoms with Gasteiger partial charge in [0, 0.05) is 20.1 Å². The number of rotatable bonds is 5. The Morgan fingerprint density at radius 2 is 1.80 bits per heavy atom. The van der Waals surface area contributed by atoms with Crippen molar-refractivity contribution in [1.29, 1.82) is 0 Å². The van der Waals surface area contributed by atoms with Crippen LogP contribution in [0, 0.1) is 0 Å². The van der Waals surface area contributed by atoms with Crippen LogP contribution in [0.2, 0.25) is 0 Å². The van der Waals surface area contributed by atoms with E-state index in [0.717, 1.165) is 12.8 Å². The van der Waals surface area contributed by atoms with Crippen molar-refractivity contribution in [3.63, 3.8) is 0 Å². The second-order valence-corrected chi connectivity index (χ2v) is 2.11. The highest BCUT2D eigenvalue weighted by atomic mass is 35.5. The fourth-order valence-electron chi connectivity index (χ4n) is 0.576. The average molecular weight is 189 g/mol. The van der Waals surface area contributed by atoms with Crippen molar-refractivity contribution in [3.8, 4) is 0 Å². The van der Waals surface area contributed by atoms with Gasteiger partial charge in [-0.2, -0.15) is 0 Å². The lowest BCUT2D eigenvalue weighted by Gasteiger charge is -2.11. The molecule has 0 aliphatic rings. The van der Waals surface area contributed by atoms with Gasteiger partial charge >= 0.3 is 0 Å². The summed E-state index contributed by atoms with van der Waals surface area (Å²) in [5.74, 6) is 0.670. The number of ether oxygens (including phenoxy) is 2. The maximum atomic E-state index is 5.45. The van der Waals surface area contributed by atoms with E-state index < -0.39 is 0 Å². The van der Waals surface area contributed by atoms with Gasteiger partial charge in [-0.05, 0) is 12.8 Å². The van der Waals surface area contributed by atoms with Crippen molar-refractivity contribution in [2.24, 2.45) is 0 Å². The first-order valence-corrected chi connectivity index (χ1v) is 3.50. The Labute approximate surface area is 73.2 Å². The fourth-order valence-corrected chi connectivity index (χ4v) is 0.730. The Bertz CT molecular complexity index is 57.7. The van der Waals surface area contributed by atoms with Gasteiger partial charge in [0.25, 0.3) is 0 Å². The third kappa shape index (κ3) is 6.62. The van der Waals surface area contributed by atoms with E-state index in [-0.39, 0.29) is 18.7 Å². The first-order chi connectivity index (χ1) is 4.35. The molecule has 4 heteroatoms. The Morgan fingerprint density at radius 1 is 1.30 bits per heavy atom. The molecule has 0 fully saturated rings. The molecule has 0 N–H and O–H groups in total. The molecular weight excluding hydrogens is 175 g/mol. The van der Waals surface area contributed by atoms with Gasteiger partial charge in [-0.15, -0.1) is 24.0 Å². The molecular formula is C6H14Cl2O2. The predicted octanol–water partition coefficient (Wildman–Crippen LogP) is 2.05. The van der Waals surface area contributed by atoms with Crippen molar-refractivity contribution in [2.45, 2.75) is 19.1 Å². The molecule has 0 aliphatic carbocycles. The lowest BCUT2D eigenvalue weighted by Crippen LogP contribution is -2.12. The van der Waals surface area contributed by atoms with Gasteiger partial charge in [0.15, 0.2) is 6.29 Å². The van der Waals surface area contributed by atoms with E-state index in [1.165, 1.54) is 0 Å². The second-order valence-electron chi connectivity index (χ2n) is 1.73. The number of hydrogen-bond acceptors (Lipinski definition) is 2. The first kappa shape index (κ1) is 13.1. The minimum Gasteiger partial charge on any atom is -0.356 e. The minimum absolute atomic E-state index is 0. The summed E-state index contributed by atoms with van der Waals surface area (Å²) in [6.07, 6.45) is 1.73. The van der Waals surface area contributed by atoms with Crippen LogP contribution in [-0.2, 0) is 9.47 Å². The molecule has 0 amide bonds. The first-order valence-electron chi connectivity index (χ1n) is 2.96. The number of alkyl halides is 1. The Kier molecular flexibility index (Phi) is 12.5. The Balaban J connectivity index is 0.